The third kappa shape index (κ3) is 22.2. The van der Waals surface area contributed by atoms with Gasteiger partial charge in [-0.25, -0.2) is 0 Å². The molecule has 0 aliphatic carbocycles. The van der Waals surface area contributed by atoms with Crippen LogP contribution in [0.4, 0.5) is 0 Å². The van der Waals surface area contributed by atoms with E-state index in [0.29, 0.717) is 26.1 Å². The highest BCUT2D eigenvalue weighted by molar-refractivity contribution is 5.95. The Kier molecular flexibility index (Phi) is 21.4. The van der Waals surface area contributed by atoms with Crippen LogP contribution in [0.15, 0.2) is 4.99 Å². The zero-order chi connectivity index (χ0) is 37.6. The summed E-state index contributed by atoms with van der Waals surface area (Å²) in [5.41, 5.74) is 15.1. The van der Waals surface area contributed by atoms with Gasteiger partial charge in [-0.15, -0.1) is 0 Å². The summed E-state index contributed by atoms with van der Waals surface area (Å²) in [4.78, 5) is 77.3. The van der Waals surface area contributed by atoms with Gasteiger partial charge in [0.15, 0.2) is 5.96 Å². The second kappa shape index (κ2) is 23.3. The number of aliphatic carboxylic acids is 1. The van der Waals surface area contributed by atoms with Crippen LogP contribution in [0.2, 0.25) is 0 Å². The molecule has 49 heavy (non-hydrogen) atoms. The van der Waals surface area contributed by atoms with Crippen molar-refractivity contribution in [1.82, 2.24) is 21.3 Å². The minimum atomic E-state index is -1.60. The summed E-state index contributed by atoms with van der Waals surface area (Å²) in [6.45, 7) is 9.11. The number of hydrogen-bond donors (Lipinski definition) is 9. The van der Waals surface area contributed by atoms with Gasteiger partial charge in [-0.2, -0.15) is 0 Å². The summed E-state index contributed by atoms with van der Waals surface area (Å²) in [6.07, 6.45) is 1.45. The number of amides is 4. The smallest absolute Gasteiger partial charge is 0.325 e. The molecule has 0 aromatic carbocycles. The standard InChI is InChI=1S/C30H56N8O11/c1-6-12-48-30(4,5)10-14-49-29(2,3)9-13-47-24(43)17-36-26(45)20(8-7-11-34-28(32)33)37-22(40)16-35-27(46)21(15-23(41)42)38-25(44)19(31)18-39/h19-21,39H,6-18,31H2,1-5H3,(H,35,46)(H,36,45)(H,37,40)(H,38,44)(H,41,42)(H4,32,33,34). The Balaban J connectivity index is 5.05. The highest BCUT2D eigenvalue weighted by atomic mass is 16.5. The third-order valence-corrected chi connectivity index (χ3v) is 6.83. The van der Waals surface area contributed by atoms with Gasteiger partial charge >= 0.3 is 11.9 Å². The van der Waals surface area contributed by atoms with Crippen molar-refractivity contribution in [3.8, 4) is 0 Å². The van der Waals surface area contributed by atoms with Gasteiger partial charge in [0, 0.05) is 19.6 Å². The molecule has 0 aromatic heterocycles. The fourth-order valence-electron chi connectivity index (χ4n) is 3.89. The molecule has 0 fully saturated rings. The van der Waals surface area contributed by atoms with Gasteiger partial charge in [0.05, 0.1) is 44.0 Å². The molecule has 0 aromatic rings. The Hall–Kier alpha value is -4.07. The SMILES string of the molecule is CCCOC(C)(C)CCOC(C)(C)CCOC(=O)CNC(=O)C(CCCN=C(N)N)NC(=O)CNC(=O)C(CC(=O)O)NC(=O)C(N)CO. The first kappa shape index (κ1) is 44.9. The Morgan fingerprint density at radius 3 is 1.96 bits per heavy atom. The van der Waals surface area contributed by atoms with Crippen LogP contribution in [0.5, 0.6) is 0 Å². The number of nitrogens with zero attached hydrogens (tertiary/aromatic N) is 1. The first-order valence-electron chi connectivity index (χ1n) is 16.0. The van der Waals surface area contributed by atoms with E-state index < -0.39 is 85.4 Å². The number of esters is 1. The lowest BCUT2D eigenvalue weighted by Gasteiger charge is -2.29. The highest BCUT2D eigenvalue weighted by Gasteiger charge is 2.28. The Morgan fingerprint density at radius 1 is 0.816 bits per heavy atom. The van der Waals surface area contributed by atoms with Crippen LogP contribution in [-0.4, -0.2) is 127 Å². The zero-order valence-electron chi connectivity index (χ0n) is 29.2. The number of nitrogens with two attached hydrogens (primary N) is 3. The molecule has 4 amide bonds. The lowest BCUT2D eigenvalue weighted by molar-refractivity contribution is -0.146. The third-order valence-electron chi connectivity index (χ3n) is 6.83. The molecule has 0 saturated carbocycles. The number of aliphatic imine (C=N–C) groups is 1. The molecule has 0 heterocycles. The van der Waals surface area contributed by atoms with Gasteiger partial charge < -0.3 is 62.9 Å². The van der Waals surface area contributed by atoms with Crippen LogP contribution in [0.1, 0.15) is 73.1 Å². The quantitative estimate of drug-likeness (QED) is 0.0192. The topological polar surface area (TPSA) is 309 Å². The van der Waals surface area contributed by atoms with Gasteiger partial charge in [-0.3, -0.25) is 33.8 Å². The zero-order valence-corrected chi connectivity index (χ0v) is 29.2. The maximum absolute atomic E-state index is 12.9. The number of carbonyl (C=O) groups excluding carboxylic acids is 5. The van der Waals surface area contributed by atoms with Crippen LogP contribution < -0.4 is 38.5 Å². The molecule has 0 aliphatic rings. The van der Waals surface area contributed by atoms with E-state index in [2.05, 4.69) is 26.3 Å². The number of hydrogen-bond acceptors (Lipinski definition) is 12. The second-order valence-corrected chi connectivity index (χ2v) is 12.4. The maximum atomic E-state index is 12.9. The molecule has 282 valence electrons. The van der Waals surface area contributed by atoms with Crippen molar-refractivity contribution in [2.75, 3.05) is 46.1 Å². The number of nitrogens with one attached hydrogen (secondary N) is 4. The van der Waals surface area contributed by atoms with Crippen LogP contribution in [-0.2, 0) is 43.0 Å². The number of ether oxygens (including phenoxy) is 3. The minimum Gasteiger partial charge on any atom is -0.481 e. The van der Waals surface area contributed by atoms with E-state index in [9.17, 15) is 28.8 Å². The number of guanidine groups is 1. The Bertz CT molecular complexity index is 1110. The monoisotopic (exact) mass is 704 g/mol. The van der Waals surface area contributed by atoms with Crippen molar-refractivity contribution < 1.29 is 53.2 Å². The Morgan fingerprint density at radius 2 is 1.39 bits per heavy atom. The summed E-state index contributed by atoms with van der Waals surface area (Å²) in [5.74, 6) is -5.89. The van der Waals surface area contributed by atoms with Gasteiger partial charge in [0.25, 0.3) is 0 Å². The number of carboxylic acid groups (broad SMARTS) is 1. The fourth-order valence-corrected chi connectivity index (χ4v) is 3.89. The van der Waals surface area contributed by atoms with Crippen molar-refractivity contribution in [2.24, 2.45) is 22.2 Å². The first-order valence-corrected chi connectivity index (χ1v) is 16.0. The number of carbonyl (C=O) groups is 6. The average molecular weight is 705 g/mol. The van der Waals surface area contributed by atoms with Gasteiger partial charge in [-0.05, 0) is 53.4 Å². The van der Waals surface area contributed by atoms with Crippen molar-refractivity contribution in [3.63, 3.8) is 0 Å². The lowest BCUT2D eigenvalue weighted by atomic mass is 10.0. The van der Waals surface area contributed by atoms with Gasteiger partial charge in [0.1, 0.15) is 24.7 Å². The highest BCUT2D eigenvalue weighted by Crippen LogP contribution is 2.19. The predicted molar refractivity (Wildman–Crippen MR) is 178 cm³/mol. The normalized spacial score (nSPS) is 13.3. The molecule has 19 heteroatoms. The molecule has 0 radical (unpaired) electrons. The average Bonchev–Trinajstić information content (AvgIpc) is 3.01. The molecular weight excluding hydrogens is 648 g/mol. The van der Waals surface area contributed by atoms with Crippen LogP contribution in [0, 0.1) is 0 Å². The molecule has 0 aliphatic heterocycles. The van der Waals surface area contributed by atoms with E-state index >= 15 is 0 Å². The largest absolute Gasteiger partial charge is 0.481 e. The molecule has 0 spiro atoms. The number of rotatable bonds is 26. The molecule has 0 rings (SSSR count). The molecule has 0 bridgehead atoms. The first-order chi connectivity index (χ1) is 22.8. The van der Waals surface area contributed by atoms with Crippen molar-refractivity contribution in [1.29, 1.82) is 0 Å². The summed E-state index contributed by atoms with van der Waals surface area (Å²) in [7, 11) is 0. The van der Waals surface area contributed by atoms with Crippen molar-refractivity contribution in [2.45, 2.75) is 102 Å². The second-order valence-electron chi connectivity index (χ2n) is 12.4. The van der Waals surface area contributed by atoms with Crippen molar-refractivity contribution in [3.05, 3.63) is 0 Å². The summed E-state index contributed by atoms with van der Waals surface area (Å²) < 4.78 is 17.0. The molecule has 12 N–H and O–H groups in total. The van der Waals surface area contributed by atoms with Crippen molar-refractivity contribution >= 4 is 41.5 Å². The Labute approximate surface area is 286 Å². The van der Waals surface area contributed by atoms with E-state index in [-0.39, 0.29) is 37.6 Å². The maximum Gasteiger partial charge on any atom is 0.325 e. The molecule has 3 unspecified atom stereocenters. The lowest BCUT2D eigenvalue weighted by Crippen LogP contribution is -2.55. The molecular formula is C30H56N8O11. The number of carboxylic acids is 1. The summed E-state index contributed by atoms with van der Waals surface area (Å²) in [6, 6.07) is -4.18. The molecule has 19 nitrogen and oxygen atoms in total. The van der Waals surface area contributed by atoms with E-state index in [1.807, 2.05) is 34.6 Å². The van der Waals surface area contributed by atoms with E-state index in [0.717, 1.165) is 6.42 Å². The van der Waals surface area contributed by atoms with Gasteiger partial charge in [0.2, 0.25) is 23.6 Å². The number of aliphatic hydroxyl groups excluding tert-OH is 1. The summed E-state index contributed by atoms with van der Waals surface area (Å²) in [5, 5.41) is 27.2. The molecule has 3 atom stereocenters. The van der Waals surface area contributed by atoms with Gasteiger partial charge in [-0.1, -0.05) is 6.92 Å². The number of aliphatic hydroxyl groups is 1. The minimum absolute atomic E-state index is 0.0328. The van der Waals surface area contributed by atoms with Crippen LogP contribution in [0.3, 0.4) is 0 Å². The van der Waals surface area contributed by atoms with E-state index in [1.165, 1.54) is 0 Å². The van der Waals surface area contributed by atoms with E-state index in [1.54, 1.807) is 0 Å². The predicted octanol–water partition coefficient (Wildman–Crippen LogP) is -2.64. The van der Waals surface area contributed by atoms with E-state index in [4.69, 9.17) is 41.6 Å². The summed E-state index contributed by atoms with van der Waals surface area (Å²) >= 11 is 0. The molecule has 0 saturated heterocycles. The van der Waals surface area contributed by atoms with Crippen LogP contribution in [0.25, 0.3) is 0 Å². The fraction of sp³-hybridized carbons (Fsp3) is 0.767. The van der Waals surface area contributed by atoms with Crippen LogP contribution >= 0.6 is 0 Å².